The van der Waals surface area contributed by atoms with Crippen LogP contribution >= 0.6 is 11.3 Å². The van der Waals surface area contributed by atoms with Crippen molar-refractivity contribution in [1.82, 2.24) is 10.3 Å². The largest absolute Gasteiger partial charge is 0.371 e. The van der Waals surface area contributed by atoms with E-state index in [9.17, 15) is 0 Å². The lowest BCUT2D eigenvalue weighted by Crippen LogP contribution is -2.51. The van der Waals surface area contributed by atoms with Crippen LogP contribution in [0.4, 0.5) is 5.69 Å². The highest BCUT2D eigenvalue weighted by Crippen LogP contribution is 2.35. The van der Waals surface area contributed by atoms with E-state index in [0.29, 0.717) is 0 Å². The molecule has 0 radical (unpaired) electrons. The molecule has 0 spiro atoms. The molecule has 0 atom stereocenters. The summed E-state index contributed by atoms with van der Waals surface area (Å²) < 4.78 is 0. The molecule has 2 heterocycles. The maximum atomic E-state index is 4.60. The minimum absolute atomic E-state index is 0.0788. The van der Waals surface area contributed by atoms with Crippen LogP contribution in [0.5, 0.6) is 0 Å². The van der Waals surface area contributed by atoms with Gasteiger partial charge in [0.15, 0.2) is 0 Å². The van der Waals surface area contributed by atoms with Gasteiger partial charge in [0.1, 0.15) is 5.01 Å². The summed E-state index contributed by atoms with van der Waals surface area (Å²) in [6.07, 6.45) is 5.33. The second-order valence-corrected chi connectivity index (χ2v) is 6.56. The Morgan fingerprint density at radius 1 is 1.24 bits per heavy atom. The van der Waals surface area contributed by atoms with Gasteiger partial charge < -0.3 is 10.2 Å². The van der Waals surface area contributed by atoms with Crippen molar-refractivity contribution in [2.45, 2.75) is 31.7 Å². The summed E-state index contributed by atoms with van der Waals surface area (Å²) in [4.78, 5) is 7.09. The maximum Gasteiger partial charge on any atom is 0.113 e. The molecule has 0 aliphatic carbocycles. The van der Waals surface area contributed by atoms with Crippen molar-refractivity contribution in [3.63, 3.8) is 0 Å². The summed E-state index contributed by atoms with van der Waals surface area (Å²) in [6.45, 7) is 5.45. The number of nitrogens with one attached hydrogen (secondary N) is 1. The van der Waals surface area contributed by atoms with E-state index in [1.807, 2.05) is 6.20 Å². The summed E-state index contributed by atoms with van der Waals surface area (Å²) in [5.41, 5.74) is 1.41. The van der Waals surface area contributed by atoms with Crippen LogP contribution in [0.3, 0.4) is 0 Å². The third-order valence-corrected chi connectivity index (χ3v) is 5.27. The Balaban J connectivity index is 1.74. The van der Waals surface area contributed by atoms with Crippen LogP contribution < -0.4 is 10.2 Å². The Bertz CT molecular complexity index is 530. The van der Waals surface area contributed by atoms with Crippen LogP contribution in [0.25, 0.3) is 0 Å². The molecule has 1 N–H and O–H groups in total. The van der Waals surface area contributed by atoms with Gasteiger partial charge in [0.05, 0.1) is 5.54 Å². The fourth-order valence-corrected chi connectivity index (χ4v) is 3.95. The van der Waals surface area contributed by atoms with Crippen molar-refractivity contribution in [3.8, 4) is 0 Å². The quantitative estimate of drug-likeness (QED) is 0.914. The number of hydrogen-bond acceptors (Lipinski definition) is 4. The molecule has 0 saturated carbocycles. The number of rotatable bonds is 5. The molecule has 1 aliphatic heterocycles. The monoisotopic (exact) mass is 301 g/mol. The van der Waals surface area contributed by atoms with Crippen LogP contribution in [0.1, 0.15) is 31.2 Å². The Morgan fingerprint density at radius 2 is 2.00 bits per heavy atom. The highest BCUT2D eigenvalue weighted by atomic mass is 32.1. The molecule has 3 nitrogen and oxygen atoms in total. The van der Waals surface area contributed by atoms with Crippen LogP contribution in [-0.2, 0) is 5.54 Å². The number of para-hydroxylation sites is 1. The molecule has 4 heteroatoms. The summed E-state index contributed by atoms with van der Waals surface area (Å²) in [6, 6.07) is 10.7. The molecule has 1 aromatic carbocycles. The highest BCUT2D eigenvalue weighted by Gasteiger charge is 2.37. The predicted octanol–water partition coefficient (Wildman–Crippen LogP) is 3.64. The zero-order valence-corrected chi connectivity index (χ0v) is 13.4. The fourth-order valence-electron chi connectivity index (χ4n) is 3.08. The SMILES string of the molecule is CCCNC1(c2nccs2)CCN(c2ccccc2)CC1. The summed E-state index contributed by atoms with van der Waals surface area (Å²) in [5.74, 6) is 0. The third kappa shape index (κ3) is 3.11. The first-order valence-corrected chi connectivity index (χ1v) is 8.67. The first-order chi connectivity index (χ1) is 10.3. The first kappa shape index (κ1) is 14.5. The van der Waals surface area contributed by atoms with Gasteiger partial charge in [-0.05, 0) is 37.9 Å². The van der Waals surface area contributed by atoms with Gasteiger partial charge in [-0.3, -0.25) is 0 Å². The average Bonchev–Trinajstić information content (AvgIpc) is 3.09. The van der Waals surface area contributed by atoms with Crippen LogP contribution in [0.2, 0.25) is 0 Å². The minimum Gasteiger partial charge on any atom is -0.371 e. The number of piperidine rings is 1. The Labute approximate surface area is 131 Å². The normalized spacial score (nSPS) is 17.9. The standard InChI is InChI=1S/C17H23N3S/c1-2-10-19-17(16-18-11-14-21-16)8-12-20(13-9-17)15-6-4-3-5-7-15/h3-7,11,14,19H,2,8-10,12-13H2,1H3. The van der Waals surface area contributed by atoms with Gasteiger partial charge in [-0.2, -0.15) is 0 Å². The van der Waals surface area contributed by atoms with Gasteiger partial charge in [-0.25, -0.2) is 4.98 Å². The van der Waals surface area contributed by atoms with Crippen LogP contribution in [0, 0.1) is 0 Å². The number of nitrogens with zero attached hydrogens (tertiary/aromatic N) is 2. The van der Waals surface area contributed by atoms with Gasteiger partial charge >= 0.3 is 0 Å². The molecule has 3 rings (SSSR count). The van der Waals surface area contributed by atoms with E-state index in [-0.39, 0.29) is 5.54 Å². The van der Waals surface area contributed by atoms with E-state index in [2.05, 4.69) is 57.8 Å². The first-order valence-electron chi connectivity index (χ1n) is 7.79. The lowest BCUT2D eigenvalue weighted by molar-refractivity contribution is 0.263. The summed E-state index contributed by atoms with van der Waals surface area (Å²) in [7, 11) is 0. The topological polar surface area (TPSA) is 28.2 Å². The summed E-state index contributed by atoms with van der Waals surface area (Å²) >= 11 is 1.78. The molecule has 112 valence electrons. The molecule has 21 heavy (non-hydrogen) atoms. The van der Waals surface area contributed by atoms with Gasteiger partial charge in [-0.1, -0.05) is 25.1 Å². The third-order valence-electron chi connectivity index (χ3n) is 4.29. The van der Waals surface area contributed by atoms with Crippen molar-refractivity contribution in [2.24, 2.45) is 0 Å². The number of aromatic nitrogens is 1. The van der Waals surface area contributed by atoms with Gasteiger partial charge in [0.2, 0.25) is 0 Å². The van der Waals surface area contributed by atoms with E-state index >= 15 is 0 Å². The summed E-state index contributed by atoms with van der Waals surface area (Å²) in [5, 5.41) is 7.13. The van der Waals surface area contributed by atoms with Crippen LogP contribution in [0.15, 0.2) is 41.9 Å². The van der Waals surface area contributed by atoms with Crippen LogP contribution in [-0.4, -0.2) is 24.6 Å². The van der Waals surface area contributed by atoms with Crippen molar-refractivity contribution in [2.75, 3.05) is 24.5 Å². The molecule has 0 amide bonds. The number of anilines is 1. The zero-order valence-electron chi connectivity index (χ0n) is 12.6. The molecule has 1 fully saturated rings. The minimum atomic E-state index is 0.0788. The molecular formula is C17H23N3S. The van der Waals surface area contributed by atoms with E-state index < -0.39 is 0 Å². The molecule has 0 bridgehead atoms. The van der Waals surface area contributed by atoms with Crippen molar-refractivity contribution in [3.05, 3.63) is 46.9 Å². The van der Waals surface area contributed by atoms with Gasteiger partial charge in [0, 0.05) is 30.4 Å². The Morgan fingerprint density at radius 3 is 2.62 bits per heavy atom. The average molecular weight is 301 g/mol. The molecule has 1 aromatic heterocycles. The van der Waals surface area contributed by atoms with E-state index in [1.165, 1.54) is 10.7 Å². The van der Waals surface area contributed by atoms with Crippen molar-refractivity contribution < 1.29 is 0 Å². The highest BCUT2D eigenvalue weighted by molar-refractivity contribution is 7.09. The van der Waals surface area contributed by atoms with Gasteiger partial charge in [0.25, 0.3) is 0 Å². The second kappa shape index (κ2) is 6.58. The lowest BCUT2D eigenvalue weighted by Gasteiger charge is -2.42. The smallest absolute Gasteiger partial charge is 0.113 e. The molecule has 1 saturated heterocycles. The van der Waals surface area contributed by atoms with E-state index in [1.54, 1.807) is 11.3 Å². The molecular weight excluding hydrogens is 278 g/mol. The van der Waals surface area contributed by atoms with E-state index in [4.69, 9.17) is 0 Å². The predicted molar refractivity (Wildman–Crippen MR) is 90.0 cm³/mol. The van der Waals surface area contributed by atoms with Gasteiger partial charge in [-0.15, -0.1) is 11.3 Å². The molecule has 2 aromatic rings. The maximum absolute atomic E-state index is 4.60. The van der Waals surface area contributed by atoms with Crippen molar-refractivity contribution >= 4 is 17.0 Å². The van der Waals surface area contributed by atoms with E-state index in [0.717, 1.165) is 38.9 Å². The molecule has 1 aliphatic rings. The lowest BCUT2D eigenvalue weighted by atomic mass is 9.87. The Kier molecular flexibility index (Phi) is 4.56. The fraction of sp³-hybridized carbons (Fsp3) is 0.471. The Hall–Kier alpha value is -1.39. The number of hydrogen-bond donors (Lipinski definition) is 1. The molecule has 0 unspecified atom stereocenters. The van der Waals surface area contributed by atoms with Crippen molar-refractivity contribution in [1.29, 1.82) is 0 Å². The number of thiazole rings is 1. The second-order valence-electron chi connectivity index (χ2n) is 5.67. The zero-order chi connectivity index (χ0) is 14.5. The number of benzene rings is 1.